The van der Waals surface area contributed by atoms with Gasteiger partial charge in [-0.3, -0.25) is 9.10 Å². The van der Waals surface area contributed by atoms with Crippen LogP contribution in [-0.2, 0) is 21.2 Å². The van der Waals surface area contributed by atoms with Crippen LogP contribution in [0, 0.1) is 13.8 Å². The highest BCUT2D eigenvalue weighted by Gasteiger charge is 2.28. The number of carbonyl (C=O) groups is 1. The second-order valence-electron chi connectivity index (χ2n) is 7.79. The SMILES string of the molecule is Cc1ncn(-c2ccc(NC(=O)CCc3ccc(N4CCCS4(=O)=O)cc3)cc2)c1C. The molecule has 0 saturated carbocycles. The maximum atomic E-state index is 12.3. The molecule has 1 saturated heterocycles. The molecule has 0 aliphatic carbocycles. The number of hydrogen-bond donors (Lipinski definition) is 1. The molecule has 1 aliphatic heterocycles. The molecule has 2 aromatic carbocycles. The van der Waals surface area contributed by atoms with Crippen LogP contribution in [0.5, 0.6) is 0 Å². The predicted molar refractivity (Wildman–Crippen MR) is 122 cm³/mol. The van der Waals surface area contributed by atoms with E-state index in [2.05, 4.69) is 10.3 Å². The van der Waals surface area contributed by atoms with Crippen molar-refractivity contribution < 1.29 is 13.2 Å². The largest absolute Gasteiger partial charge is 0.326 e. The lowest BCUT2D eigenvalue weighted by Gasteiger charge is -2.17. The number of nitrogens with one attached hydrogen (secondary N) is 1. The van der Waals surface area contributed by atoms with E-state index >= 15 is 0 Å². The Kier molecular flexibility index (Phi) is 5.82. The zero-order chi connectivity index (χ0) is 22.0. The highest BCUT2D eigenvalue weighted by atomic mass is 32.2. The Morgan fingerprint density at radius 1 is 1.03 bits per heavy atom. The standard InChI is InChI=1S/C23H26N4O3S/c1-17-18(2)26(16-24-17)21-11-7-20(8-12-21)25-23(28)13-6-19-4-9-22(10-5-19)27-14-3-15-31(27,29)30/h4-5,7-12,16H,3,6,13-15H2,1-2H3,(H,25,28). The van der Waals surface area contributed by atoms with Crippen molar-refractivity contribution >= 4 is 27.3 Å². The number of sulfonamides is 1. The third-order valence-electron chi connectivity index (χ3n) is 5.65. The minimum Gasteiger partial charge on any atom is -0.326 e. The number of anilines is 2. The first-order valence-corrected chi connectivity index (χ1v) is 11.9. The van der Waals surface area contributed by atoms with E-state index in [1.54, 1.807) is 6.33 Å². The van der Waals surface area contributed by atoms with E-state index in [9.17, 15) is 13.2 Å². The number of benzene rings is 2. The number of carbonyl (C=O) groups excluding carboxylic acids is 1. The van der Waals surface area contributed by atoms with Crippen LogP contribution in [0.3, 0.4) is 0 Å². The van der Waals surface area contributed by atoms with Crippen molar-refractivity contribution in [3.63, 3.8) is 0 Å². The molecule has 2 heterocycles. The van der Waals surface area contributed by atoms with Crippen molar-refractivity contribution in [1.82, 2.24) is 9.55 Å². The van der Waals surface area contributed by atoms with E-state index in [0.29, 0.717) is 31.5 Å². The lowest BCUT2D eigenvalue weighted by atomic mass is 10.1. The van der Waals surface area contributed by atoms with E-state index in [0.717, 1.165) is 28.3 Å². The maximum Gasteiger partial charge on any atom is 0.235 e. The molecular formula is C23H26N4O3S. The van der Waals surface area contributed by atoms with E-state index < -0.39 is 10.0 Å². The topological polar surface area (TPSA) is 84.3 Å². The molecule has 3 aromatic rings. The second-order valence-corrected chi connectivity index (χ2v) is 9.80. The molecule has 4 rings (SSSR count). The Balaban J connectivity index is 1.31. The molecule has 1 N–H and O–H groups in total. The summed E-state index contributed by atoms with van der Waals surface area (Å²) in [4.78, 5) is 16.7. The summed E-state index contributed by atoms with van der Waals surface area (Å²) in [5.41, 5.74) is 5.51. The summed E-state index contributed by atoms with van der Waals surface area (Å²) in [5.74, 6) is 0.144. The number of aryl methyl sites for hydroxylation is 2. The van der Waals surface area contributed by atoms with E-state index in [1.807, 2.05) is 66.9 Å². The zero-order valence-electron chi connectivity index (χ0n) is 17.7. The molecule has 8 heteroatoms. The van der Waals surface area contributed by atoms with Crippen molar-refractivity contribution in [2.45, 2.75) is 33.1 Å². The molecule has 1 aliphatic rings. The van der Waals surface area contributed by atoms with Crippen molar-refractivity contribution in [1.29, 1.82) is 0 Å². The van der Waals surface area contributed by atoms with Gasteiger partial charge in [-0.1, -0.05) is 12.1 Å². The van der Waals surface area contributed by atoms with Crippen LogP contribution in [0.1, 0.15) is 29.8 Å². The number of aromatic nitrogens is 2. The van der Waals surface area contributed by atoms with Gasteiger partial charge in [0, 0.05) is 30.0 Å². The minimum absolute atomic E-state index is 0.0615. The summed E-state index contributed by atoms with van der Waals surface area (Å²) >= 11 is 0. The number of rotatable bonds is 6. The van der Waals surface area contributed by atoms with Crippen molar-refractivity contribution in [3.05, 3.63) is 71.8 Å². The highest BCUT2D eigenvalue weighted by molar-refractivity contribution is 7.93. The number of amides is 1. The maximum absolute atomic E-state index is 12.3. The third-order valence-corrected chi connectivity index (χ3v) is 7.51. The molecular weight excluding hydrogens is 412 g/mol. The van der Waals surface area contributed by atoms with E-state index in [1.165, 1.54) is 4.31 Å². The number of hydrogen-bond acceptors (Lipinski definition) is 4. The van der Waals surface area contributed by atoms with Gasteiger partial charge in [0.25, 0.3) is 0 Å². The molecule has 1 aromatic heterocycles. The Hall–Kier alpha value is -3.13. The van der Waals surface area contributed by atoms with Crippen LogP contribution >= 0.6 is 0 Å². The molecule has 0 unspecified atom stereocenters. The first kappa shape index (κ1) is 21.1. The molecule has 0 radical (unpaired) electrons. The molecule has 0 bridgehead atoms. The Labute approximate surface area is 182 Å². The first-order valence-electron chi connectivity index (χ1n) is 10.3. The lowest BCUT2D eigenvalue weighted by molar-refractivity contribution is -0.116. The first-order chi connectivity index (χ1) is 14.8. The lowest BCUT2D eigenvalue weighted by Crippen LogP contribution is -2.24. The van der Waals surface area contributed by atoms with Gasteiger partial charge in [0.1, 0.15) is 0 Å². The van der Waals surface area contributed by atoms with Gasteiger partial charge in [-0.2, -0.15) is 0 Å². The van der Waals surface area contributed by atoms with Gasteiger partial charge in [-0.25, -0.2) is 13.4 Å². The van der Waals surface area contributed by atoms with Gasteiger partial charge in [0.2, 0.25) is 15.9 Å². The summed E-state index contributed by atoms with van der Waals surface area (Å²) < 4.78 is 27.5. The predicted octanol–water partition coefficient (Wildman–Crippen LogP) is 3.60. The number of nitrogens with zero attached hydrogens (tertiary/aromatic N) is 3. The average Bonchev–Trinajstić information content (AvgIpc) is 3.28. The molecule has 7 nitrogen and oxygen atoms in total. The van der Waals surface area contributed by atoms with Crippen molar-refractivity contribution in [3.8, 4) is 5.69 Å². The smallest absolute Gasteiger partial charge is 0.235 e. The van der Waals surface area contributed by atoms with Crippen molar-refractivity contribution in [2.24, 2.45) is 0 Å². The Morgan fingerprint density at radius 3 is 2.29 bits per heavy atom. The molecule has 0 atom stereocenters. The molecule has 0 spiro atoms. The summed E-state index contributed by atoms with van der Waals surface area (Å²) in [6, 6.07) is 15.1. The van der Waals surface area contributed by atoms with Crippen LogP contribution < -0.4 is 9.62 Å². The fraction of sp³-hybridized carbons (Fsp3) is 0.304. The fourth-order valence-corrected chi connectivity index (χ4v) is 5.27. The van der Waals surface area contributed by atoms with Gasteiger partial charge in [-0.15, -0.1) is 0 Å². The summed E-state index contributed by atoms with van der Waals surface area (Å²) in [6.45, 7) is 4.53. The molecule has 1 fully saturated rings. The van der Waals surface area contributed by atoms with Crippen LogP contribution in [0.25, 0.3) is 5.69 Å². The van der Waals surface area contributed by atoms with E-state index in [-0.39, 0.29) is 11.7 Å². The number of imidazole rings is 1. The van der Waals surface area contributed by atoms with Gasteiger partial charge < -0.3 is 9.88 Å². The summed E-state index contributed by atoms with van der Waals surface area (Å²) in [7, 11) is -3.17. The van der Waals surface area contributed by atoms with Gasteiger partial charge in [0.05, 0.1) is 23.5 Å². The average molecular weight is 439 g/mol. The molecule has 162 valence electrons. The molecule has 1 amide bonds. The van der Waals surface area contributed by atoms with Gasteiger partial charge in [0.15, 0.2) is 0 Å². The van der Waals surface area contributed by atoms with Crippen LogP contribution in [0.15, 0.2) is 54.9 Å². The highest BCUT2D eigenvalue weighted by Crippen LogP contribution is 2.24. The monoisotopic (exact) mass is 438 g/mol. The van der Waals surface area contributed by atoms with Crippen LogP contribution in [0.4, 0.5) is 11.4 Å². The van der Waals surface area contributed by atoms with Gasteiger partial charge >= 0.3 is 0 Å². The van der Waals surface area contributed by atoms with Crippen molar-refractivity contribution in [2.75, 3.05) is 21.9 Å². The second kappa shape index (κ2) is 8.55. The summed E-state index contributed by atoms with van der Waals surface area (Å²) in [5, 5.41) is 2.93. The third kappa shape index (κ3) is 4.64. The molecule has 31 heavy (non-hydrogen) atoms. The van der Waals surface area contributed by atoms with Crippen LogP contribution in [-0.4, -0.2) is 36.2 Å². The zero-order valence-corrected chi connectivity index (χ0v) is 18.5. The van der Waals surface area contributed by atoms with Crippen LogP contribution in [0.2, 0.25) is 0 Å². The van der Waals surface area contributed by atoms with E-state index in [4.69, 9.17) is 0 Å². The summed E-state index contributed by atoms with van der Waals surface area (Å²) in [6.07, 6.45) is 3.39. The normalized spacial score (nSPS) is 15.2. The Morgan fingerprint density at radius 2 is 1.71 bits per heavy atom. The van der Waals surface area contributed by atoms with Gasteiger partial charge in [-0.05, 0) is 68.7 Å². The minimum atomic E-state index is -3.17. The Bertz CT molecular complexity index is 1180. The fourth-order valence-electron chi connectivity index (χ4n) is 3.70. The quantitative estimate of drug-likeness (QED) is 0.637.